The molecule has 0 saturated carbocycles. The first-order valence-corrected chi connectivity index (χ1v) is 12.4. The Labute approximate surface area is 222 Å². The number of fused-ring (bicyclic) bond motifs is 2. The minimum Gasteiger partial charge on any atom is -0.744 e. The van der Waals surface area contributed by atoms with E-state index in [9.17, 15) is 35.5 Å². The number of ketones is 2. The second-order valence-electron chi connectivity index (χ2n) is 7.38. The zero-order valence-corrected chi connectivity index (χ0v) is 21.7. The van der Waals surface area contributed by atoms with Gasteiger partial charge in [-0.15, -0.1) is 0 Å². The Kier molecular flexibility index (Phi) is 7.28. The number of rotatable bonds is 5. The maximum Gasteiger partial charge on any atom is 1.00 e. The minimum absolute atomic E-state index is 0. The molecule has 0 saturated heterocycles. The Morgan fingerprint density at radius 3 is 1.94 bits per heavy atom. The standard InChI is InChI=1S/C21H17N3O8S2.Na/c22-9-10-5-6-15(33(27,28)29)13(7-10)24-14-8-16(34(30,31)32)19(23)18-17(14)20(25)11-3-1-2-4-12(11)21(18)26;/h1-8,24H,9,22-23H2,(H,27,28,29)(H,30,31,32);/q;+1/p-1. The fourth-order valence-electron chi connectivity index (χ4n) is 3.77. The summed E-state index contributed by atoms with van der Waals surface area (Å²) in [7, 11) is -10.00. The van der Waals surface area contributed by atoms with Crippen LogP contribution in [0.15, 0.2) is 58.3 Å². The third-order valence-corrected chi connectivity index (χ3v) is 7.08. The van der Waals surface area contributed by atoms with Crippen LogP contribution in [-0.2, 0) is 26.8 Å². The molecule has 14 heteroatoms. The van der Waals surface area contributed by atoms with E-state index < -0.39 is 52.8 Å². The molecule has 0 spiro atoms. The first-order chi connectivity index (χ1) is 15.8. The van der Waals surface area contributed by atoms with Gasteiger partial charge in [0.1, 0.15) is 15.0 Å². The van der Waals surface area contributed by atoms with Gasteiger partial charge in [-0.1, -0.05) is 30.3 Å². The average molecular weight is 525 g/mol. The molecule has 3 aromatic rings. The molecule has 0 atom stereocenters. The second-order valence-corrected chi connectivity index (χ2v) is 10.1. The van der Waals surface area contributed by atoms with Gasteiger partial charge in [0.05, 0.1) is 33.1 Å². The summed E-state index contributed by atoms with van der Waals surface area (Å²) in [5, 5.41) is 2.58. The summed E-state index contributed by atoms with van der Waals surface area (Å²) in [5.74, 6) is -1.50. The van der Waals surface area contributed by atoms with Crippen LogP contribution in [0.25, 0.3) is 0 Å². The molecule has 1 aliphatic rings. The summed E-state index contributed by atoms with van der Waals surface area (Å²) in [6.45, 7) is -0.0226. The largest absolute Gasteiger partial charge is 1.00 e. The van der Waals surface area contributed by atoms with Gasteiger partial charge in [-0.05, 0) is 23.8 Å². The van der Waals surface area contributed by atoms with Crippen molar-refractivity contribution in [3.8, 4) is 0 Å². The summed E-state index contributed by atoms with van der Waals surface area (Å²) in [6.07, 6.45) is 0. The monoisotopic (exact) mass is 525 g/mol. The minimum atomic E-state index is -5.22. The van der Waals surface area contributed by atoms with Gasteiger partial charge in [-0.25, -0.2) is 8.42 Å². The number of hydrogen-bond donors (Lipinski definition) is 4. The van der Waals surface area contributed by atoms with E-state index in [-0.39, 0.29) is 64.2 Å². The average Bonchev–Trinajstić information content (AvgIpc) is 2.76. The number of nitrogens with two attached hydrogens (primary N) is 2. The molecule has 0 aromatic heterocycles. The number of nitrogens with one attached hydrogen (secondary N) is 1. The SMILES string of the molecule is NCc1ccc(S(=O)(=O)O)c(Nc2cc(S(=O)(=O)[O-])c(N)c3c2C(=O)c2ccccc2C3=O)c1.[Na+]. The molecule has 4 rings (SSSR count). The van der Waals surface area contributed by atoms with Crippen molar-refractivity contribution >= 4 is 48.9 Å². The Hall–Kier alpha value is -2.62. The van der Waals surface area contributed by atoms with Crippen molar-refractivity contribution in [3.63, 3.8) is 0 Å². The molecule has 0 unspecified atom stereocenters. The predicted molar refractivity (Wildman–Crippen MR) is 120 cm³/mol. The summed E-state index contributed by atoms with van der Waals surface area (Å²) >= 11 is 0. The Bertz CT molecular complexity index is 1620. The van der Waals surface area contributed by atoms with Crippen molar-refractivity contribution < 1.29 is 65.1 Å². The van der Waals surface area contributed by atoms with Crippen molar-refractivity contribution in [2.24, 2.45) is 5.73 Å². The normalized spacial score (nSPS) is 13.0. The number of nitrogen functional groups attached to an aromatic ring is 1. The van der Waals surface area contributed by atoms with E-state index in [1.807, 2.05) is 0 Å². The molecular weight excluding hydrogens is 509 g/mol. The predicted octanol–water partition coefficient (Wildman–Crippen LogP) is -1.60. The first-order valence-electron chi connectivity index (χ1n) is 9.53. The van der Waals surface area contributed by atoms with Gasteiger partial charge < -0.3 is 21.3 Å². The van der Waals surface area contributed by atoms with E-state index in [4.69, 9.17) is 11.5 Å². The van der Waals surface area contributed by atoms with Crippen LogP contribution in [0.2, 0.25) is 0 Å². The van der Waals surface area contributed by atoms with E-state index in [2.05, 4.69) is 5.32 Å². The quantitative estimate of drug-likeness (QED) is 0.132. The Balaban J connectivity index is 0.00000342. The topological polar surface area (TPSA) is 210 Å². The Morgan fingerprint density at radius 2 is 1.43 bits per heavy atom. The third kappa shape index (κ3) is 4.77. The Morgan fingerprint density at radius 1 is 0.857 bits per heavy atom. The smallest absolute Gasteiger partial charge is 0.744 e. The van der Waals surface area contributed by atoms with E-state index in [1.165, 1.54) is 36.4 Å². The third-order valence-electron chi connectivity index (χ3n) is 5.30. The first kappa shape index (κ1) is 27.0. The van der Waals surface area contributed by atoms with Crippen LogP contribution in [0.4, 0.5) is 17.1 Å². The molecule has 35 heavy (non-hydrogen) atoms. The molecule has 11 nitrogen and oxygen atoms in total. The molecule has 0 aliphatic heterocycles. The summed E-state index contributed by atoms with van der Waals surface area (Å²) < 4.78 is 69.1. The zero-order chi connectivity index (χ0) is 25.0. The van der Waals surface area contributed by atoms with Crippen molar-refractivity contribution in [2.75, 3.05) is 11.1 Å². The zero-order valence-electron chi connectivity index (χ0n) is 18.1. The molecule has 1 aliphatic carbocycles. The molecule has 0 bridgehead atoms. The summed E-state index contributed by atoms with van der Waals surface area (Å²) in [6, 6.07) is 10.1. The number of carbonyl (C=O) groups is 2. The molecule has 176 valence electrons. The van der Waals surface area contributed by atoms with Gasteiger partial charge >= 0.3 is 29.6 Å². The number of hydrogen-bond acceptors (Lipinski definition) is 10. The van der Waals surface area contributed by atoms with Gasteiger partial charge in [-0.3, -0.25) is 14.1 Å². The molecule has 0 amide bonds. The van der Waals surface area contributed by atoms with Crippen molar-refractivity contribution in [3.05, 3.63) is 76.3 Å². The summed E-state index contributed by atoms with van der Waals surface area (Å²) in [4.78, 5) is 24.9. The second kappa shape index (κ2) is 9.44. The van der Waals surface area contributed by atoms with Crippen LogP contribution in [0.5, 0.6) is 0 Å². The molecule has 0 heterocycles. The number of benzene rings is 3. The van der Waals surface area contributed by atoms with Gasteiger partial charge in [0.2, 0.25) is 0 Å². The number of anilines is 3. The van der Waals surface area contributed by atoms with Gasteiger partial charge in [0.25, 0.3) is 10.1 Å². The maximum atomic E-state index is 13.3. The van der Waals surface area contributed by atoms with E-state index in [1.54, 1.807) is 0 Å². The van der Waals surface area contributed by atoms with Crippen LogP contribution >= 0.6 is 0 Å². The fraction of sp³-hybridized carbons (Fsp3) is 0.0476. The molecular formula is C21H16N3NaO8S2. The van der Waals surface area contributed by atoms with Gasteiger partial charge in [-0.2, -0.15) is 8.42 Å². The molecule has 6 N–H and O–H groups in total. The number of carbonyl (C=O) groups excluding carboxylic acids is 2. The van der Waals surface area contributed by atoms with Crippen LogP contribution in [-0.4, -0.2) is 37.5 Å². The van der Waals surface area contributed by atoms with Crippen molar-refractivity contribution in [2.45, 2.75) is 16.3 Å². The van der Waals surface area contributed by atoms with Crippen LogP contribution < -0.4 is 46.3 Å². The summed E-state index contributed by atoms with van der Waals surface area (Å²) in [5.41, 5.74) is 9.66. The van der Waals surface area contributed by atoms with E-state index >= 15 is 0 Å². The van der Waals surface area contributed by atoms with Crippen molar-refractivity contribution in [1.29, 1.82) is 0 Å². The molecule has 3 aromatic carbocycles. The van der Waals surface area contributed by atoms with Crippen LogP contribution in [0, 0.1) is 0 Å². The van der Waals surface area contributed by atoms with Crippen molar-refractivity contribution in [1.82, 2.24) is 0 Å². The molecule has 0 fully saturated rings. The van der Waals surface area contributed by atoms with Gasteiger partial charge in [0.15, 0.2) is 11.6 Å². The van der Waals surface area contributed by atoms with Crippen LogP contribution in [0.1, 0.15) is 37.4 Å². The molecule has 0 radical (unpaired) electrons. The fourth-order valence-corrected chi connectivity index (χ4v) is 5.03. The van der Waals surface area contributed by atoms with E-state index in [0.717, 1.165) is 12.1 Å². The van der Waals surface area contributed by atoms with E-state index in [0.29, 0.717) is 5.56 Å². The van der Waals surface area contributed by atoms with Crippen LogP contribution in [0.3, 0.4) is 0 Å². The maximum absolute atomic E-state index is 13.3. The van der Waals surface area contributed by atoms with Gasteiger partial charge in [0, 0.05) is 17.7 Å².